The Balaban J connectivity index is 1.38. The second-order valence-electron chi connectivity index (χ2n) is 7.93. The minimum absolute atomic E-state index is 0.00146. The third kappa shape index (κ3) is 5.19. The van der Waals surface area contributed by atoms with Crippen molar-refractivity contribution < 1.29 is 13.6 Å². The van der Waals surface area contributed by atoms with Crippen LogP contribution in [-0.4, -0.2) is 28.8 Å². The van der Waals surface area contributed by atoms with E-state index < -0.39 is 11.6 Å². The zero-order valence-electron chi connectivity index (χ0n) is 17.5. The van der Waals surface area contributed by atoms with Gasteiger partial charge in [-0.1, -0.05) is 36.4 Å². The van der Waals surface area contributed by atoms with E-state index in [1.165, 1.54) is 16.8 Å². The zero-order chi connectivity index (χ0) is 22.5. The molecule has 1 amide bonds. The lowest BCUT2D eigenvalue weighted by atomic mass is 9.96. The van der Waals surface area contributed by atoms with Gasteiger partial charge in [-0.15, -0.1) is 0 Å². The van der Waals surface area contributed by atoms with Crippen molar-refractivity contribution in [2.75, 3.05) is 18.0 Å². The van der Waals surface area contributed by atoms with Crippen molar-refractivity contribution in [2.24, 2.45) is 5.92 Å². The van der Waals surface area contributed by atoms with Crippen molar-refractivity contribution in [1.29, 1.82) is 0 Å². The van der Waals surface area contributed by atoms with Crippen LogP contribution in [0.25, 0.3) is 0 Å². The van der Waals surface area contributed by atoms with Gasteiger partial charge in [-0.2, -0.15) is 5.10 Å². The van der Waals surface area contributed by atoms with Crippen molar-refractivity contribution >= 4 is 11.6 Å². The van der Waals surface area contributed by atoms with Gasteiger partial charge in [0.2, 0.25) is 5.91 Å². The summed E-state index contributed by atoms with van der Waals surface area (Å²) in [5, 5.41) is 7.04. The largest absolute Gasteiger partial charge is 0.369 e. The summed E-state index contributed by atoms with van der Waals surface area (Å²) in [6.45, 7) is 1.56. The number of rotatable bonds is 6. The van der Waals surface area contributed by atoms with Crippen LogP contribution in [0.1, 0.15) is 24.0 Å². The molecule has 0 unspecified atom stereocenters. The van der Waals surface area contributed by atoms with Crippen LogP contribution in [-0.2, 0) is 17.9 Å². The Morgan fingerprint density at radius 2 is 1.94 bits per heavy atom. The second-order valence-corrected chi connectivity index (χ2v) is 7.93. The Labute approximate surface area is 184 Å². The topological polar surface area (TPSA) is 67.2 Å². The molecule has 3 aromatic rings. The van der Waals surface area contributed by atoms with E-state index >= 15 is 0 Å². The van der Waals surface area contributed by atoms with Crippen molar-refractivity contribution in [1.82, 2.24) is 15.1 Å². The Kier molecular flexibility index (Phi) is 6.58. The van der Waals surface area contributed by atoms with Crippen LogP contribution in [0.4, 0.5) is 14.5 Å². The maximum atomic E-state index is 13.8. The first-order valence-electron chi connectivity index (χ1n) is 10.6. The molecule has 1 N–H and O–H groups in total. The van der Waals surface area contributed by atoms with Crippen molar-refractivity contribution in [2.45, 2.75) is 25.9 Å². The number of carbonyl (C=O) groups excluding carboxylic acids is 1. The maximum Gasteiger partial charge on any atom is 0.269 e. The molecular formula is C24H24F2N4O2. The van der Waals surface area contributed by atoms with Crippen LogP contribution in [0.3, 0.4) is 0 Å². The standard InChI is InChI=1S/C24H24F2N4O2/c25-20-9-8-18(22(26)11-20)13-27-24(32)19-7-4-10-29(16-19)21-12-23(31)30(28-14-21)15-17-5-2-1-3-6-17/h1-3,5-6,8-9,11-12,14,19H,4,7,10,13,15-16H2,(H,27,32)/t19-/m1/s1. The summed E-state index contributed by atoms with van der Waals surface area (Å²) in [6, 6.07) is 14.5. The highest BCUT2D eigenvalue weighted by atomic mass is 19.1. The van der Waals surface area contributed by atoms with Gasteiger partial charge >= 0.3 is 0 Å². The number of benzene rings is 2. The third-order valence-corrected chi connectivity index (χ3v) is 5.66. The number of amides is 1. The first-order valence-corrected chi connectivity index (χ1v) is 10.6. The van der Waals surface area contributed by atoms with Crippen molar-refractivity contribution in [3.63, 3.8) is 0 Å². The third-order valence-electron chi connectivity index (χ3n) is 5.66. The number of aromatic nitrogens is 2. The van der Waals surface area contributed by atoms with Gasteiger partial charge in [0, 0.05) is 37.3 Å². The summed E-state index contributed by atoms with van der Waals surface area (Å²) in [5.74, 6) is -1.82. The molecule has 0 saturated carbocycles. The molecule has 4 rings (SSSR count). The Morgan fingerprint density at radius 3 is 2.69 bits per heavy atom. The van der Waals surface area contributed by atoms with Gasteiger partial charge in [-0.3, -0.25) is 9.59 Å². The predicted molar refractivity (Wildman–Crippen MR) is 117 cm³/mol. The molecule has 0 aliphatic carbocycles. The lowest BCUT2D eigenvalue weighted by Crippen LogP contribution is -2.43. The molecule has 8 heteroatoms. The molecule has 1 aliphatic rings. The number of carbonyl (C=O) groups is 1. The lowest BCUT2D eigenvalue weighted by Gasteiger charge is -2.33. The molecule has 1 aromatic heterocycles. The fourth-order valence-electron chi connectivity index (χ4n) is 3.89. The number of halogens is 2. The quantitative estimate of drug-likeness (QED) is 0.642. The van der Waals surface area contributed by atoms with Crippen molar-refractivity contribution in [3.05, 3.63) is 93.9 Å². The predicted octanol–water partition coefficient (Wildman–Crippen LogP) is 3.10. The summed E-state index contributed by atoms with van der Waals surface area (Å²) in [5.41, 5.74) is 1.70. The van der Waals surface area contributed by atoms with Gasteiger partial charge in [0.15, 0.2) is 0 Å². The van der Waals surface area contributed by atoms with E-state index in [1.807, 2.05) is 35.2 Å². The average Bonchev–Trinajstić information content (AvgIpc) is 2.80. The number of nitrogens with one attached hydrogen (secondary N) is 1. The molecule has 2 aromatic carbocycles. The lowest BCUT2D eigenvalue weighted by molar-refractivity contribution is -0.125. The van der Waals surface area contributed by atoms with E-state index in [0.717, 1.165) is 24.6 Å². The van der Waals surface area contributed by atoms with Crippen LogP contribution in [0, 0.1) is 17.6 Å². The number of anilines is 1. The molecule has 0 spiro atoms. The summed E-state index contributed by atoms with van der Waals surface area (Å²) in [7, 11) is 0. The Bertz CT molecular complexity index is 1150. The Morgan fingerprint density at radius 1 is 1.12 bits per heavy atom. The smallest absolute Gasteiger partial charge is 0.269 e. The normalized spacial score (nSPS) is 16.1. The van der Waals surface area contributed by atoms with E-state index in [9.17, 15) is 18.4 Å². The van der Waals surface area contributed by atoms with E-state index in [-0.39, 0.29) is 29.5 Å². The van der Waals surface area contributed by atoms with Crippen LogP contribution in [0.5, 0.6) is 0 Å². The minimum Gasteiger partial charge on any atom is -0.369 e. The SMILES string of the molecule is O=C(NCc1ccc(F)cc1F)[C@@H]1CCCN(c2cnn(Cc3ccccc3)c(=O)c2)C1. The molecule has 2 heterocycles. The second kappa shape index (κ2) is 9.72. The molecule has 6 nitrogen and oxygen atoms in total. The van der Waals surface area contributed by atoms with E-state index in [4.69, 9.17) is 0 Å². The maximum absolute atomic E-state index is 13.8. The molecule has 1 fully saturated rings. The van der Waals surface area contributed by atoms with Crippen LogP contribution in [0.2, 0.25) is 0 Å². The summed E-state index contributed by atoms with van der Waals surface area (Å²) >= 11 is 0. The van der Waals surface area contributed by atoms with Crippen LogP contribution >= 0.6 is 0 Å². The highest BCUT2D eigenvalue weighted by Gasteiger charge is 2.26. The van der Waals surface area contributed by atoms with Gasteiger partial charge in [0.05, 0.1) is 24.3 Å². The average molecular weight is 438 g/mol. The highest BCUT2D eigenvalue weighted by molar-refractivity contribution is 5.79. The zero-order valence-corrected chi connectivity index (χ0v) is 17.5. The minimum atomic E-state index is -0.683. The molecule has 166 valence electrons. The van der Waals surface area contributed by atoms with E-state index in [2.05, 4.69) is 10.4 Å². The summed E-state index contributed by atoms with van der Waals surface area (Å²) in [4.78, 5) is 27.2. The first-order chi connectivity index (χ1) is 15.5. The molecule has 0 radical (unpaired) electrons. The van der Waals surface area contributed by atoms with Crippen LogP contribution in [0.15, 0.2) is 65.6 Å². The molecule has 1 atom stereocenters. The van der Waals surface area contributed by atoms with Gasteiger partial charge in [0.25, 0.3) is 5.56 Å². The summed E-state index contributed by atoms with van der Waals surface area (Å²) in [6.07, 6.45) is 3.14. The molecule has 1 aliphatic heterocycles. The van der Waals surface area contributed by atoms with Gasteiger partial charge < -0.3 is 10.2 Å². The molecule has 0 bridgehead atoms. The molecule has 32 heavy (non-hydrogen) atoms. The highest BCUT2D eigenvalue weighted by Crippen LogP contribution is 2.22. The van der Waals surface area contributed by atoms with Gasteiger partial charge in [0.1, 0.15) is 11.6 Å². The summed E-state index contributed by atoms with van der Waals surface area (Å²) < 4.78 is 28.2. The van der Waals surface area contributed by atoms with Gasteiger partial charge in [-0.25, -0.2) is 13.5 Å². The van der Waals surface area contributed by atoms with Crippen LogP contribution < -0.4 is 15.8 Å². The monoisotopic (exact) mass is 438 g/mol. The number of hydrogen-bond acceptors (Lipinski definition) is 4. The van der Waals surface area contributed by atoms with Gasteiger partial charge in [-0.05, 0) is 24.5 Å². The Hall–Kier alpha value is -3.55. The molecule has 1 saturated heterocycles. The van der Waals surface area contributed by atoms with E-state index in [1.54, 1.807) is 12.3 Å². The molecular weight excluding hydrogens is 414 g/mol. The number of hydrogen-bond donors (Lipinski definition) is 1. The first kappa shape index (κ1) is 21.7. The van der Waals surface area contributed by atoms with Crippen molar-refractivity contribution in [3.8, 4) is 0 Å². The van der Waals surface area contributed by atoms with E-state index in [0.29, 0.717) is 25.2 Å². The number of nitrogens with zero attached hydrogens (tertiary/aromatic N) is 3. The fraction of sp³-hybridized carbons (Fsp3) is 0.292. The fourth-order valence-corrected chi connectivity index (χ4v) is 3.89. The number of piperidine rings is 1.